The average Bonchev–Trinajstić information content (AvgIpc) is 3.39. The van der Waals surface area contributed by atoms with Crippen LogP contribution >= 0.6 is 0 Å². The molecule has 1 saturated heterocycles. The van der Waals surface area contributed by atoms with Crippen LogP contribution in [0.15, 0.2) is 59.5 Å². The van der Waals surface area contributed by atoms with Crippen molar-refractivity contribution < 1.29 is 9.21 Å². The molecule has 26 heavy (non-hydrogen) atoms. The number of carbonyl (C=O) groups is 1. The number of aryl methyl sites for hydroxylation is 1. The fourth-order valence-electron chi connectivity index (χ4n) is 3.44. The molecule has 1 aromatic carbocycles. The van der Waals surface area contributed by atoms with Gasteiger partial charge in [0, 0.05) is 31.5 Å². The van der Waals surface area contributed by atoms with Gasteiger partial charge in [-0.15, -0.1) is 0 Å². The van der Waals surface area contributed by atoms with Crippen molar-refractivity contribution in [2.75, 3.05) is 13.1 Å². The Morgan fingerprint density at radius 2 is 1.92 bits per heavy atom. The Kier molecular flexibility index (Phi) is 4.82. The lowest BCUT2D eigenvalue weighted by atomic mass is 10.0. The summed E-state index contributed by atoms with van der Waals surface area (Å²) in [5.41, 5.74) is 1.06. The van der Waals surface area contributed by atoms with E-state index in [4.69, 9.17) is 4.42 Å². The van der Waals surface area contributed by atoms with E-state index < -0.39 is 0 Å². The molecule has 0 radical (unpaired) electrons. The van der Waals surface area contributed by atoms with Crippen molar-refractivity contribution in [2.24, 2.45) is 0 Å². The molecule has 134 valence electrons. The van der Waals surface area contributed by atoms with Gasteiger partial charge in [-0.3, -0.25) is 4.79 Å². The third-order valence-electron chi connectivity index (χ3n) is 4.93. The third kappa shape index (κ3) is 3.69. The zero-order valence-electron chi connectivity index (χ0n) is 14.6. The molecule has 0 saturated carbocycles. The number of amides is 1. The molecule has 0 bridgehead atoms. The smallest absolute Gasteiger partial charge is 0.223 e. The van der Waals surface area contributed by atoms with E-state index >= 15 is 0 Å². The van der Waals surface area contributed by atoms with Crippen molar-refractivity contribution in [1.82, 2.24) is 19.7 Å². The quantitative estimate of drug-likeness (QED) is 0.708. The highest BCUT2D eigenvalue weighted by molar-refractivity contribution is 5.76. The van der Waals surface area contributed by atoms with Gasteiger partial charge < -0.3 is 9.32 Å². The summed E-state index contributed by atoms with van der Waals surface area (Å²) >= 11 is 0. The first-order valence-corrected chi connectivity index (χ1v) is 9.05. The summed E-state index contributed by atoms with van der Waals surface area (Å²) in [5.74, 6) is 1.90. The van der Waals surface area contributed by atoms with Gasteiger partial charge in [-0.25, -0.2) is 9.67 Å². The van der Waals surface area contributed by atoms with Crippen LogP contribution in [0, 0.1) is 0 Å². The van der Waals surface area contributed by atoms with Crippen LogP contribution in [-0.4, -0.2) is 38.7 Å². The summed E-state index contributed by atoms with van der Waals surface area (Å²) in [4.78, 5) is 18.4. The fourth-order valence-corrected chi connectivity index (χ4v) is 3.44. The maximum atomic E-state index is 12.5. The molecule has 0 atom stereocenters. The summed E-state index contributed by atoms with van der Waals surface area (Å²) in [7, 11) is 0. The minimum atomic E-state index is 0.194. The Labute approximate surface area is 152 Å². The normalized spacial score (nSPS) is 15.3. The first-order chi connectivity index (χ1) is 12.8. The molecule has 4 rings (SSSR count). The summed E-state index contributed by atoms with van der Waals surface area (Å²) in [6.07, 6.45) is 6.28. The third-order valence-corrected chi connectivity index (χ3v) is 4.93. The molecule has 0 N–H and O–H groups in total. The number of hydrogen-bond donors (Lipinski definition) is 0. The molecular weight excluding hydrogens is 328 g/mol. The number of benzene rings is 1. The van der Waals surface area contributed by atoms with E-state index in [1.165, 1.54) is 0 Å². The van der Waals surface area contributed by atoms with Gasteiger partial charge in [0.2, 0.25) is 5.91 Å². The Hall–Kier alpha value is -2.89. The predicted octanol–water partition coefficient (Wildman–Crippen LogP) is 3.33. The zero-order chi connectivity index (χ0) is 17.8. The molecule has 3 aromatic rings. The van der Waals surface area contributed by atoms with Gasteiger partial charge in [-0.1, -0.05) is 30.3 Å². The summed E-state index contributed by atoms with van der Waals surface area (Å²) in [5, 5.41) is 4.20. The zero-order valence-corrected chi connectivity index (χ0v) is 14.6. The molecule has 0 aliphatic carbocycles. The molecule has 3 heterocycles. The Morgan fingerprint density at radius 1 is 1.12 bits per heavy atom. The van der Waals surface area contributed by atoms with Crippen LogP contribution in [0.1, 0.15) is 31.1 Å². The number of nitrogens with zero attached hydrogens (tertiary/aromatic N) is 4. The van der Waals surface area contributed by atoms with Crippen molar-refractivity contribution in [1.29, 1.82) is 0 Å². The molecule has 1 amide bonds. The van der Waals surface area contributed by atoms with Crippen molar-refractivity contribution in [3.8, 4) is 11.3 Å². The van der Waals surface area contributed by atoms with Gasteiger partial charge in [-0.05, 0) is 25.0 Å². The SMILES string of the molecule is O=C(CCc1ccc(-c2ccccc2)o1)N1CCC(n2cncn2)CC1. The first kappa shape index (κ1) is 16.6. The minimum absolute atomic E-state index is 0.194. The van der Waals surface area contributed by atoms with Gasteiger partial charge in [0.15, 0.2) is 0 Å². The van der Waals surface area contributed by atoms with E-state index in [1.54, 1.807) is 12.7 Å². The molecule has 1 aliphatic heterocycles. The van der Waals surface area contributed by atoms with E-state index in [9.17, 15) is 4.79 Å². The second kappa shape index (κ2) is 7.56. The van der Waals surface area contributed by atoms with Crippen LogP contribution in [-0.2, 0) is 11.2 Å². The maximum Gasteiger partial charge on any atom is 0.223 e. The minimum Gasteiger partial charge on any atom is -0.461 e. The molecular formula is C20H22N4O2. The highest BCUT2D eigenvalue weighted by Crippen LogP contribution is 2.24. The number of rotatable bonds is 5. The standard InChI is InChI=1S/C20H22N4O2/c25-20(23-12-10-17(11-13-23)24-15-21-14-22-24)9-7-18-6-8-19(26-18)16-4-2-1-3-5-16/h1-6,8,14-15,17H,7,9-13H2. The molecule has 6 nitrogen and oxygen atoms in total. The van der Waals surface area contributed by atoms with E-state index in [-0.39, 0.29) is 5.91 Å². The molecule has 0 unspecified atom stereocenters. The Balaban J connectivity index is 1.28. The lowest BCUT2D eigenvalue weighted by molar-refractivity contribution is -0.132. The molecule has 0 spiro atoms. The van der Waals surface area contributed by atoms with Crippen molar-refractivity contribution >= 4 is 5.91 Å². The van der Waals surface area contributed by atoms with Gasteiger partial charge >= 0.3 is 0 Å². The van der Waals surface area contributed by atoms with Crippen LogP contribution < -0.4 is 0 Å². The summed E-state index contributed by atoms with van der Waals surface area (Å²) < 4.78 is 7.78. The van der Waals surface area contributed by atoms with Gasteiger partial charge in [0.05, 0.1) is 6.04 Å². The lowest BCUT2D eigenvalue weighted by Gasteiger charge is -2.31. The first-order valence-electron chi connectivity index (χ1n) is 9.05. The molecule has 1 fully saturated rings. The van der Waals surface area contributed by atoms with E-state index in [1.807, 2.05) is 52.0 Å². The topological polar surface area (TPSA) is 64.2 Å². The van der Waals surface area contributed by atoms with Crippen molar-refractivity contribution in [3.63, 3.8) is 0 Å². The number of likely N-dealkylation sites (tertiary alicyclic amines) is 1. The Morgan fingerprint density at radius 3 is 2.65 bits per heavy atom. The number of furan rings is 1. The van der Waals surface area contributed by atoms with E-state index in [2.05, 4.69) is 10.1 Å². The van der Waals surface area contributed by atoms with Crippen LogP contribution in [0.4, 0.5) is 0 Å². The van der Waals surface area contributed by atoms with Crippen molar-refractivity contribution in [2.45, 2.75) is 31.7 Å². The summed E-state index contributed by atoms with van der Waals surface area (Å²) in [6, 6.07) is 14.3. The molecule has 1 aliphatic rings. The average molecular weight is 350 g/mol. The van der Waals surface area contributed by atoms with Crippen LogP contribution in [0.2, 0.25) is 0 Å². The highest BCUT2D eigenvalue weighted by atomic mass is 16.3. The lowest BCUT2D eigenvalue weighted by Crippen LogP contribution is -2.39. The number of carbonyl (C=O) groups excluding carboxylic acids is 1. The Bertz CT molecular complexity index is 834. The second-order valence-corrected chi connectivity index (χ2v) is 6.62. The second-order valence-electron chi connectivity index (χ2n) is 6.62. The van der Waals surface area contributed by atoms with Gasteiger partial charge in [0.1, 0.15) is 24.2 Å². The fraction of sp³-hybridized carbons (Fsp3) is 0.350. The van der Waals surface area contributed by atoms with Crippen LogP contribution in [0.5, 0.6) is 0 Å². The number of piperidine rings is 1. The number of aromatic nitrogens is 3. The van der Waals surface area contributed by atoms with Crippen LogP contribution in [0.25, 0.3) is 11.3 Å². The van der Waals surface area contributed by atoms with Crippen molar-refractivity contribution in [3.05, 3.63) is 60.9 Å². The van der Waals surface area contributed by atoms with E-state index in [0.717, 1.165) is 43.0 Å². The highest BCUT2D eigenvalue weighted by Gasteiger charge is 2.24. The largest absolute Gasteiger partial charge is 0.461 e. The maximum absolute atomic E-state index is 12.5. The molecule has 6 heteroatoms. The monoisotopic (exact) mass is 350 g/mol. The molecule has 2 aromatic heterocycles. The number of hydrogen-bond acceptors (Lipinski definition) is 4. The van der Waals surface area contributed by atoms with Gasteiger partial charge in [0.25, 0.3) is 0 Å². The van der Waals surface area contributed by atoms with Gasteiger partial charge in [-0.2, -0.15) is 5.10 Å². The summed E-state index contributed by atoms with van der Waals surface area (Å²) in [6.45, 7) is 1.55. The van der Waals surface area contributed by atoms with E-state index in [0.29, 0.717) is 18.9 Å². The van der Waals surface area contributed by atoms with Crippen LogP contribution in [0.3, 0.4) is 0 Å². The predicted molar refractivity (Wildman–Crippen MR) is 97.3 cm³/mol.